The van der Waals surface area contributed by atoms with E-state index in [1.165, 1.54) is 24.0 Å². The molecule has 0 radical (unpaired) electrons. The van der Waals surface area contributed by atoms with Crippen LogP contribution in [0.3, 0.4) is 0 Å². The van der Waals surface area contributed by atoms with Gasteiger partial charge >= 0.3 is 0 Å². The van der Waals surface area contributed by atoms with Crippen molar-refractivity contribution < 1.29 is 4.74 Å². The van der Waals surface area contributed by atoms with Gasteiger partial charge in [0.05, 0.1) is 31.2 Å². The quantitative estimate of drug-likeness (QED) is 0.665. The van der Waals surface area contributed by atoms with Gasteiger partial charge in [-0.25, -0.2) is 10.4 Å². The molecule has 27 heavy (non-hydrogen) atoms. The highest BCUT2D eigenvalue weighted by atomic mass is 16.5. The third-order valence-corrected chi connectivity index (χ3v) is 5.22. The third kappa shape index (κ3) is 4.11. The Morgan fingerprint density at radius 1 is 1.26 bits per heavy atom. The van der Waals surface area contributed by atoms with E-state index in [2.05, 4.69) is 41.4 Å². The molecular formula is C21H27N5O. The van der Waals surface area contributed by atoms with Gasteiger partial charge in [-0.2, -0.15) is 10.1 Å². The Morgan fingerprint density at radius 3 is 3.00 bits per heavy atom. The molecule has 0 spiro atoms. The first-order chi connectivity index (χ1) is 13.2. The Kier molecular flexibility index (Phi) is 5.34. The molecule has 142 valence electrons. The molecule has 2 aromatic rings. The van der Waals surface area contributed by atoms with Crippen molar-refractivity contribution in [2.75, 3.05) is 30.1 Å². The van der Waals surface area contributed by atoms with E-state index in [1.807, 2.05) is 18.3 Å². The normalized spacial score (nSPS) is 19.9. The zero-order chi connectivity index (χ0) is 18.6. The summed E-state index contributed by atoms with van der Waals surface area (Å²) in [5.74, 6) is 1.64. The Morgan fingerprint density at radius 2 is 2.15 bits per heavy atom. The molecule has 0 bridgehead atoms. The zero-order valence-electron chi connectivity index (χ0n) is 16.1. The van der Waals surface area contributed by atoms with Crippen LogP contribution in [0.25, 0.3) is 0 Å². The summed E-state index contributed by atoms with van der Waals surface area (Å²) in [4.78, 5) is 12.0. The second-order valence-corrected chi connectivity index (χ2v) is 7.40. The van der Waals surface area contributed by atoms with E-state index in [1.54, 1.807) is 0 Å². The van der Waals surface area contributed by atoms with E-state index < -0.39 is 0 Å². The van der Waals surface area contributed by atoms with Crippen LogP contribution >= 0.6 is 0 Å². The van der Waals surface area contributed by atoms with Gasteiger partial charge in [0.15, 0.2) is 0 Å². The number of fused-ring (bicyclic) bond motifs is 1. The minimum atomic E-state index is 0.323. The highest BCUT2D eigenvalue weighted by Crippen LogP contribution is 2.31. The molecule has 1 aromatic heterocycles. The molecule has 0 amide bonds. The Hall–Kier alpha value is -2.47. The third-order valence-electron chi connectivity index (χ3n) is 5.22. The fourth-order valence-electron chi connectivity index (χ4n) is 3.82. The minimum absolute atomic E-state index is 0.323. The summed E-state index contributed by atoms with van der Waals surface area (Å²) in [7, 11) is 0. The first-order valence-electron chi connectivity index (χ1n) is 9.80. The standard InChI is InChI=1S/C21H27N5O/c1-15-6-5-7-17(12-15)13-22-25-21-23-19-9-4-3-8-18(19)20(24-21)26-10-11-27-14-16(26)2/h5-7,12-13,16H,3-4,8-11,14H2,1-2H3,(H,23,24,25)/b22-13+/t16-/m1/s1. The number of nitrogens with one attached hydrogen (secondary N) is 1. The number of aromatic nitrogens is 2. The maximum absolute atomic E-state index is 5.61. The van der Waals surface area contributed by atoms with Crippen molar-refractivity contribution in [1.82, 2.24) is 9.97 Å². The van der Waals surface area contributed by atoms with Crippen LogP contribution in [0.4, 0.5) is 11.8 Å². The molecule has 1 saturated heterocycles. The second-order valence-electron chi connectivity index (χ2n) is 7.40. The maximum atomic E-state index is 5.61. The van der Waals surface area contributed by atoms with Crippen molar-refractivity contribution in [1.29, 1.82) is 0 Å². The number of nitrogens with zero attached hydrogens (tertiary/aromatic N) is 4. The molecule has 4 rings (SSSR count). The van der Waals surface area contributed by atoms with Crippen LogP contribution < -0.4 is 10.3 Å². The summed E-state index contributed by atoms with van der Waals surface area (Å²) in [6, 6.07) is 8.56. The lowest BCUT2D eigenvalue weighted by molar-refractivity contribution is 0.0984. The van der Waals surface area contributed by atoms with Gasteiger partial charge in [-0.05, 0) is 45.1 Å². The Bertz CT molecular complexity index is 835. The van der Waals surface area contributed by atoms with E-state index in [9.17, 15) is 0 Å². The van der Waals surface area contributed by atoms with Crippen LogP contribution in [0.2, 0.25) is 0 Å². The van der Waals surface area contributed by atoms with Crippen LogP contribution in [0, 0.1) is 6.92 Å². The number of aryl methyl sites for hydroxylation is 2. The van der Waals surface area contributed by atoms with Crippen LogP contribution in [0.1, 0.15) is 42.1 Å². The summed E-state index contributed by atoms with van der Waals surface area (Å²) in [5, 5.41) is 4.36. The van der Waals surface area contributed by atoms with Crippen molar-refractivity contribution in [3.63, 3.8) is 0 Å². The van der Waals surface area contributed by atoms with Crippen LogP contribution in [0.5, 0.6) is 0 Å². The van der Waals surface area contributed by atoms with Crippen molar-refractivity contribution in [2.24, 2.45) is 5.10 Å². The lowest BCUT2D eigenvalue weighted by Crippen LogP contribution is -2.45. The topological polar surface area (TPSA) is 62.6 Å². The van der Waals surface area contributed by atoms with Gasteiger partial charge in [0, 0.05) is 12.1 Å². The van der Waals surface area contributed by atoms with Crippen LogP contribution in [0.15, 0.2) is 29.4 Å². The fourth-order valence-corrected chi connectivity index (χ4v) is 3.82. The van der Waals surface area contributed by atoms with Crippen LogP contribution in [-0.2, 0) is 17.6 Å². The number of morpholine rings is 1. The molecule has 1 atom stereocenters. The van der Waals surface area contributed by atoms with Crippen molar-refractivity contribution in [3.8, 4) is 0 Å². The molecule has 6 heteroatoms. The molecule has 1 fully saturated rings. The molecule has 1 aliphatic carbocycles. The highest BCUT2D eigenvalue weighted by molar-refractivity contribution is 5.80. The monoisotopic (exact) mass is 365 g/mol. The van der Waals surface area contributed by atoms with Gasteiger partial charge in [-0.1, -0.05) is 29.8 Å². The predicted molar refractivity (Wildman–Crippen MR) is 109 cm³/mol. The number of hydrogen-bond donors (Lipinski definition) is 1. The highest BCUT2D eigenvalue weighted by Gasteiger charge is 2.26. The maximum Gasteiger partial charge on any atom is 0.245 e. The van der Waals surface area contributed by atoms with Crippen LogP contribution in [-0.4, -0.2) is 42.0 Å². The molecule has 0 saturated carbocycles. The van der Waals surface area contributed by atoms with E-state index in [4.69, 9.17) is 14.7 Å². The number of ether oxygens (including phenoxy) is 1. The van der Waals surface area contributed by atoms with Gasteiger partial charge in [-0.15, -0.1) is 0 Å². The Labute approximate surface area is 160 Å². The van der Waals surface area contributed by atoms with E-state index in [0.29, 0.717) is 12.0 Å². The van der Waals surface area contributed by atoms with Gasteiger partial charge in [0.25, 0.3) is 0 Å². The number of anilines is 2. The molecule has 2 aliphatic rings. The van der Waals surface area contributed by atoms with Crippen molar-refractivity contribution >= 4 is 18.0 Å². The lowest BCUT2D eigenvalue weighted by atomic mass is 9.95. The summed E-state index contributed by atoms with van der Waals surface area (Å²) >= 11 is 0. The Balaban J connectivity index is 1.60. The molecule has 1 N–H and O–H groups in total. The zero-order valence-corrected chi connectivity index (χ0v) is 16.1. The second kappa shape index (κ2) is 8.05. The van der Waals surface area contributed by atoms with Gasteiger partial charge in [0.2, 0.25) is 5.95 Å². The molecule has 6 nitrogen and oxygen atoms in total. The molecule has 1 aromatic carbocycles. The SMILES string of the molecule is Cc1cccc(/C=N/Nc2nc3c(c(N4CCOC[C@H]4C)n2)CCCC3)c1. The number of hydrogen-bond acceptors (Lipinski definition) is 6. The van der Waals surface area contributed by atoms with Crippen molar-refractivity contribution in [2.45, 2.75) is 45.6 Å². The lowest BCUT2D eigenvalue weighted by Gasteiger charge is -2.36. The number of hydrazone groups is 1. The first kappa shape index (κ1) is 17.9. The van der Waals surface area contributed by atoms with E-state index in [0.717, 1.165) is 49.7 Å². The first-order valence-corrected chi connectivity index (χ1v) is 9.80. The average molecular weight is 365 g/mol. The van der Waals surface area contributed by atoms with Gasteiger partial charge in [0.1, 0.15) is 5.82 Å². The van der Waals surface area contributed by atoms with E-state index in [-0.39, 0.29) is 0 Å². The van der Waals surface area contributed by atoms with Crippen molar-refractivity contribution in [3.05, 3.63) is 46.6 Å². The molecule has 0 unspecified atom stereocenters. The number of rotatable bonds is 4. The minimum Gasteiger partial charge on any atom is -0.377 e. The molecule has 1 aliphatic heterocycles. The summed E-state index contributed by atoms with van der Waals surface area (Å²) < 4.78 is 5.61. The summed E-state index contributed by atoms with van der Waals surface area (Å²) in [6.45, 7) is 6.63. The average Bonchev–Trinajstić information content (AvgIpc) is 2.68. The largest absolute Gasteiger partial charge is 0.377 e. The van der Waals surface area contributed by atoms with Gasteiger partial charge in [-0.3, -0.25) is 0 Å². The summed E-state index contributed by atoms with van der Waals surface area (Å²) in [5.41, 5.74) is 7.79. The van der Waals surface area contributed by atoms with Gasteiger partial charge < -0.3 is 9.64 Å². The fraction of sp³-hybridized carbons (Fsp3) is 0.476. The summed E-state index contributed by atoms with van der Waals surface area (Å²) in [6.07, 6.45) is 6.28. The smallest absolute Gasteiger partial charge is 0.245 e. The molecule has 2 heterocycles. The predicted octanol–water partition coefficient (Wildman–Crippen LogP) is 3.33. The van der Waals surface area contributed by atoms with E-state index >= 15 is 0 Å². The number of benzene rings is 1. The molecular weight excluding hydrogens is 338 g/mol.